The maximum atomic E-state index is 14.1. The number of amides is 3. The van der Waals surface area contributed by atoms with Gasteiger partial charge in [-0.15, -0.1) is 0 Å². The fraction of sp³-hybridized carbons (Fsp3) is 0.500. The highest BCUT2D eigenvalue weighted by Crippen LogP contribution is 2.49. The lowest BCUT2D eigenvalue weighted by molar-refractivity contribution is -0.186. The SMILES string of the molecule is CSN1CC2(C1)CN(C(=O)C1(NC(=O)C(=O)c3c(C)c(C(=O)Nc4ccc(F)c(Cl)c4)n4c3CCC4)CC(F)(F)C1)C2. The van der Waals surface area contributed by atoms with Gasteiger partial charge in [0.1, 0.15) is 17.1 Å². The van der Waals surface area contributed by atoms with E-state index in [9.17, 15) is 32.3 Å². The van der Waals surface area contributed by atoms with Gasteiger partial charge in [0.15, 0.2) is 0 Å². The van der Waals surface area contributed by atoms with Crippen LogP contribution in [0.5, 0.6) is 0 Å². The molecule has 9 nitrogen and oxygen atoms in total. The van der Waals surface area contributed by atoms with Gasteiger partial charge in [-0.1, -0.05) is 23.5 Å². The predicted octanol–water partition coefficient (Wildman–Crippen LogP) is 3.68. The fourth-order valence-electron chi connectivity index (χ4n) is 6.83. The molecule has 0 unspecified atom stereocenters. The summed E-state index contributed by atoms with van der Waals surface area (Å²) in [6.45, 7) is 4.40. The second-order valence-electron chi connectivity index (χ2n) is 11.9. The van der Waals surface area contributed by atoms with Crippen molar-refractivity contribution in [2.45, 2.75) is 50.6 Å². The van der Waals surface area contributed by atoms with E-state index in [-0.39, 0.29) is 32.9 Å². The minimum Gasteiger partial charge on any atom is -0.340 e. The van der Waals surface area contributed by atoms with Crippen LogP contribution in [0, 0.1) is 18.2 Å². The molecule has 6 rings (SSSR count). The zero-order valence-electron chi connectivity index (χ0n) is 23.0. The topological polar surface area (TPSA) is 104 Å². The summed E-state index contributed by atoms with van der Waals surface area (Å²) in [6.07, 6.45) is 1.26. The number of likely N-dealkylation sites (tertiary alicyclic amines) is 1. The Morgan fingerprint density at radius 3 is 2.38 bits per heavy atom. The van der Waals surface area contributed by atoms with Crippen LogP contribution in [0.2, 0.25) is 5.02 Å². The highest BCUT2D eigenvalue weighted by atomic mass is 35.5. The van der Waals surface area contributed by atoms with E-state index in [2.05, 4.69) is 14.9 Å². The lowest BCUT2D eigenvalue weighted by Crippen LogP contribution is -2.77. The molecule has 2 aromatic rings. The van der Waals surface area contributed by atoms with Crippen molar-refractivity contribution in [3.05, 3.63) is 51.6 Å². The molecule has 3 amide bonds. The third-order valence-electron chi connectivity index (χ3n) is 8.74. The first-order valence-electron chi connectivity index (χ1n) is 13.6. The van der Waals surface area contributed by atoms with E-state index in [1.807, 2.05) is 6.26 Å². The molecule has 1 aromatic heterocycles. The van der Waals surface area contributed by atoms with Crippen molar-refractivity contribution in [3.8, 4) is 0 Å². The molecule has 1 aromatic carbocycles. The maximum Gasteiger partial charge on any atom is 0.293 e. The number of halogens is 4. The summed E-state index contributed by atoms with van der Waals surface area (Å²) in [5.41, 5.74) is -0.745. The average molecular weight is 624 g/mol. The van der Waals surface area contributed by atoms with Gasteiger partial charge in [0.05, 0.1) is 10.6 Å². The third kappa shape index (κ3) is 4.69. The standard InChI is InChI=1S/C28H29ClF3N5O4S/c1-15-20(19-4-3-7-37(19)21(15)23(39)33-16-5-6-18(30)17(29)8-16)22(38)24(40)34-27(9-28(31,32)10-27)25(41)35-11-26(12-35)13-36(14-26)42-2/h5-6,8H,3-4,7,9-14H2,1-2H3,(H,33,39)(H,34,40). The highest BCUT2D eigenvalue weighted by molar-refractivity contribution is 7.96. The summed E-state index contributed by atoms with van der Waals surface area (Å²) in [7, 11) is 0. The number of carbonyl (C=O) groups excluding carboxylic acids is 4. The third-order valence-corrected chi connectivity index (χ3v) is 9.80. The Hall–Kier alpha value is -3.03. The summed E-state index contributed by atoms with van der Waals surface area (Å²) in [5, 5.41) is 4.86. The van der Waals surface area contributed by atoms with Crippen molar-refractivity contribution in [2.75, 3.05) is 37.8 Å². The zero-order chi connectivity index (χ0) is 30.2. The van der Waals surface area contributed by atoms with Crippen LogP contribution in [0.1, 0.15) is 51.4 Å². The number of Topliss-reactive ketones (excluding diaryl/α,β-unsaturated/α-hetero) is 1. The summed E-state index contributed by atoms with van der Waals surface area (Å²) in [6, 6.07) is 3.71. The normalized spacial score (nSPS) is 21.1. The van der Waals surface area contributed by atoms with Crippen LogP contribution in [-0.4, -0.2) is 81.2 Å². The van der Waals surface area contributed by atoms with Gasteiger partial charge in [-0.25, -0.2) is 17.5 Å². The molecule has 1 saturated carbocycles. The molecule has 0 atom stereocenters. The highest BCUT2D eigenvalue weighted by Gasteiger charge is 2.65. The second-order valence-corrected chi connectivity index (χ2v) is 13.1. The van der Waals surface area contributed by atoms with Gasteiger partial charge in [-0.3, -0.25) is 19.2 Å². The molecular formula is C28H29ClF3N5O4S. The number of anilines is 1. The van der Waals surface area contributed by atoms with E-state index in [0.717, 1.165) is 19.2 Å². The van der Waals surface area contributed by atoms with Crippen molar-refractivity contribution in [1.82, 2.24) is 19.1 Å². The molecule has 0 bridgehead atoms. The molecule has 4 heterocycles. The number of carbonyl (C=O) groups is 4. The van der Waals surface area contributed by atoms with E-state index in [4.69, 9.17) is 11.6 Å². The number of nitrogens with one attached hydrogen (secondary N) is 2. The zero-order valence-corrected chi connectivity index (χ0v) is 24.6. The lowest BCUT2D eigenvalue weighted by atomic mass is 9.68. The largest absolute Gasteiger partial charge is 0.340 e. The molecule has 1 spiro atoms. The van der Waals surface area contributed by atoms with Gasteiger partial charge in [0.25, 0.3) is 23.5 Å². The van der Waals surface area contributed by atoms with E-state index in [1.54, 1.807) is 16.5 Å². The molecule has 1 aliphatic carbocycles. The Morgan fingerprint density at radius 2 is 1.76 bits per heavy atom. The van der Waals surface area contributed by atoms with Crippen LogP contribution >= 0.6 is 23.5 Å². The Balaban J connectivity index is 1.21. The Bertz CT molecular complexity index is 1520. The van der Waals surface area contributed by atoms with Crippen LogP contribution in [0.4, 0.5) is 18.9 Å². The van der Waals surface area contributed by atoms with Crippen LogP contribution < -0.4 is 10.6 Å². The van der Waals surface area contributed by atoms with Gasteiger partial charge in [-0.2, -0.15) is 0 Å². The number of ketones is 1. The maximum absolute atomic E-state index is 14.1. The molecule has 2 N–H and O–H groups in total. The first-order chi connectivity index (χ1) is 19.8. The smallest absolute Gasteiger partial charge is 0.293 e. The van der Waals surface area contributed by atoms with Gasteiger partial charge in [0, 0.05) is 62.4 Å². The summed E-state index contributed by atoms with van der Waals surface area (Å²) in [5.74, 6) is -7.10. The van der Waals surface area contributed by atoms with E-state index in [0.29, 0.717) is 38.2 Å². The molecule has 3 fully saturated rings. The molecule has 2 saturated heterocycles. The first kappa shape index (κ1) is 29.1. The molecule has 42 heavy (non-hydrogen) atoms. The molecule has 3 aliphatic heterocycles. The minimum absolute atomic E-state index is 0.0236. The van der Waals surface area contributed by atoms with Crippen LogP contribution in [0.15, 0.2) is 18.2 Å². The van der Waals surface area contributed by atoms with Crippen LogP contribution in [0.25, 0.3) is 0 Å². The Morgan fingerprint density at radius 1 is 1.07 bits per heavy atom. The van der Waals surface area contributed by atoms with Crippen molar-refractivity contribution >= 4 is 52.7 Å². The van der Waals surface area contributed by atoms with E-state index < -0.39 is 53.6 Å². The van der Waals surface area contributed by atoms with Crippen molar-refractivity contribution in [1.29, 1.82) is 0 Å². The van der Waals surface area contributed by atoms with E-state index in [1.165, 1.54) is 24.0 Å². The van der Waals surface area contributed by atoms with Gasteiger partial charge in [0.2, 0.25) is 5.91 Å². The summed E-state index contributed by atoms with van der Waals surface area (Å²) in [4.78, 5) is 55.0. The molecule has 14 heteroatoms. The average Bonchev–Trinajstić information content (AvgIpc) is 3.42. The molecular weight excluding hydrogens is 595 g/mol. The quantitative estimate of drug-likeness (QED) is 0.277. The number of aromatic nitrogens is 1. The number of hydrogen-bond donors (Lipinski definition) is 2. The van der Waals surface area contributed by atoms with Crippen molar-refractivity contribution in [3.63, 3.8) is 0 Å². The first-order valence-corrected chi connectivity index (χ1v) is 15.1. The molecule has 0 radical (unpaired) electrons. The second kappa shape index (κ2) is 10.0. The van der Waals surface area contributed by atoms with Crippen molar-refractivity contribution < 1.29 is 32.3 Å². The number of alkyl halides is 2. The molecule has 224 valence electrons. The minimum atomic E-state index is -3.14. The van der Waals surface area contributed by atoms with Crippen LogP contribution in [-0.2, 0) is 22.6 Å². The summed E-state index contributed by atoms with van der Waals surface area (Å²) >= 11 is 7.44. The summed E-state index contributed by atoms with van der Waals surface area (Å²) < 4.78 is 45.7. The van der Waals surface area contributed by atoms with Crippen molar-refractivity contribution in [2.24, 2.45) is 5.41 Å². The fourth-order valence-corrected chi connectivity index (χ4v) is 7.82. The Kier molecular flexibility index (Phi) is 6.93. The Labute approximate surface area is 249 Å². The number of rotatable bonds is 7. The van der Waals surface area contributed by atoms with Gasteiger partial charge < -0.3 is 20.1 Å². The lowest BCUT2D eigenvalue weighted by Gasteiger charge is -2.61. The predicted molar refractivity (Wildman–Crippen MR) is 150 cm³/mol. The van der Waals surface area contributed by atoms with Crippen LogP contribution in [0.3, 0.4) is 0 Å². The van der Waals surface area contributed by atoms with E-state index >= 15 is 0 Å². The number of fused-ring (bicyclic) bond motifs is 1. The number of nitrogens with zero attached hydrogens (tertiary/aromatic N) is 3. The van der Waals surface area contributed by atoms with Gasteiger partial charge in [-0.05, 0) is 49.8 Å². The number of benzene rings is 1. The monoisotopic (exact) mass is 623 g/mol. The van der Waals surface area contributed by atoms with Gasteiger partial charge >= 0.3 is 0 Å². The molecule has 4 aliphatic rings. The number of hydrogen-bond acceptors (Lipinski definition) is 6.